The molecular weight excluding hydrogens is 284 g/mol. The summed E-state index contributed by atoms with van der Waals surface area (Å²) in [5.41, 5.74) is 4.47. The van der Waals surface area contributed by atoms with Crippen LogP contribution in [0.4, 0.5) is 0 Å². The van der Waals surface area contributed by atoms with Gasteiger partial charge in [0.25, 0.3) is 0 Å². The van der Waals surface area contributed by atoms with Gasteiger partial charge in [0, 0.05) is 26.2 Å². The van der Waals surface area contributed by atoms with Crippen molar-refractivity contribution >= 4 is 22.6 Å². The lowest BCUT2D eigenvalue weighted by Crippen LogP contribution is -2.07. The number of benzene rings is 1. The monoisotopic (exact) mass is 302 g/mol. The van der Waals surface area contributed by atoms with E-state index in [2.05, 4.69) is 39.8 Å². The molecule has 0 saturated heterocycles. The quantitative estimate of drug-likeness (QED) is 0.690. The minimum atomic E-state index is -0.110. The van der Waals surface area contributed by atoms with Gasteiger partial charge >= 0.3 is 0 Å². The Morgan fingerprint density at radius 1 is 1.29 bits per heavy atom. The maximum atomic E-state index is 6.30. The normalized spacial score (nSPS) is 13.0. The van der Waals surface area contributed by atoms with Gasteiger partial charge in [-0.15, -0.1) is 11.6 Å². The van der Waals surface area contributed by atoms with Gasteiger partial charge in [-0.05, 0) is 37.6 Å². The third kappa shape index (κ3) is 2.81. The van der Waals surface area contributed by atoms with E-state index in [-0.39, 0.29) is 5.38 Å². The lowest BCUT2D eigenvalue weighted by atomic mass is 10.2. The molecule has 110 valence electrons. The zero-order valence-corrected chi connectivity index (χ0v) is 13.3. The topological polar surface area (TPSA) is 35.6 Å². The van der Waals surface area contributed by atoms with E-state index in [9.17, 15) is 0 Å². The Kier molecular flexibility index (Phi) is 3.72. The number of hydrogen-bond donors (Lipinski definition) is 0. The fourth-order valence-corrected chi connectivity index (χ4v) is 2.78. The van der Waals surface area contributed by atoms with Crippen molar-refractivity contribution in [2.45, 2.75) is 32.2 Å². The molecule has 1 atom stereocenters. The van der Waals surface area contributed by atoms with Crippen LogP contribution in [0, 0.1) is 6.92 Å². The van der Waals surface area contributed by atoms with Crippen molar-refractivity contribution in [1.82, 2.24) is 19.3 Å². The summed E-state index contributed by atoms with van der Waals surface area (Å²) in [6, 6.07) is 8.36. The van der Waals surface area contributed by atoms with Crippen LogP contribution in [0.2, 0.25) is 0 Å². The molecule has 0 spiro atoms. The van der Waals surface area contributed by atoms with Gasteiger partial charge in [0.1, 0.15) is 5.82 Å². The van der Waals surface area contributed by atoms with Crippen LogP contribution in [0.1, 0.15) is 29.4 Å². The molecule has 21 heavy (non-hydrogen) atoms. The molecule has 0 saturated carbocycles. The van der Waals surface area contributed by atoms with Crippen molar-refractivity contribution in [3.63, 3.8) is 0 Å². The average Bonchev–Trinajstić information content (AvgIpc) is 3.00. The molecule has 0 N–H and O–H groups in total. The Morgan fingerprint density at radius 3 is 2.76 bits per heavy atom. The lowest BCUT2D eigenvalue weighted by Gasteiger charge is -2.10. The summed E-state index contributed by atoms with van der Waals surface area (Å²) < 4.78 is 4.05. The van der Waals surface area contributed by atoms with E-state index >= 15 is 0 Å². The van der Waals surface area contributed by atoms with Crippen molar-refractivity contribution in [3.05, 3.63) is 47.5 Å². The summed E-state index contributed by atoms with van der Waals surface area (Å²) in [7, 11) is 1.94. The van der Waals surface area contributed by atoms with Crippen molar-refractivity contribution in [2.24, 2.45) is 7.05 Å². The second-order valence-electron chi connectivity index (χ2n) is 5.46. The zero-order valence-electron chi connectivity index (χ0n) is 12.5. The zero-order chi connectivity index (χ0) is 15.0. The Morgan fingerprint density at radius 2 is 2.10 bits per heavy atom. The van der Waals surface area contributed by atoms with Gasteiger partial charge < -0.3 is 4.57 Å². The highest BCUT2D eigenvalue weighted by Gasteiger charge is 2.15. The number of rotatable bonds is 4. The molecule has 1 unspecified atom stereocenters. The number of aromatic nitrogens is 4. The Hall–Kier alpha value is -1.81. The van der Waals surface area contributed by atoms with Crippen LogP contribution in [-0.2, 0) is 20.0 Å². The van der Waals surface area contributed by atoms with E-state index in [1.165, 1.54) is 5.56 Å². The molecule has 0 radical (unpaired) electrons. The van der Waals surface area contributed by atoms with Gasteiger partial charge in [0.2, 0.25) is 0 Å². The van der Waals surface area contributed by atoms with E-state index in [1.54, 1.807) is 0 Å². The third-order valence-corrected chi connectivity index (χ3v) is 3.84. The van der Waals surface area contributed by atoms with Crippen molar-refractivity contribution in [3.8, 4) is 0 Å². The minimum Gasteiger partial charge on any atom is -0.326 e. The molecule has 1 aromatic carbocycles. The first-order valence-electron chi connectivity index (χ1n) is 7.14. The first kappa shape index (κ1) is 14.1. The number of aryl methyl sites for hydroxylation is 4. The number of halogens is 1. The highest BCUT2D eigenvalue weighted by atomic mass is 35.5. The second kappa shape index (κ2) is 5.53. The number of hydrogen-bond acceptors (Lipinski definition) is 2. The van der Waals surface area contributed by atoms with Crippen LogP contribution in [0.5, 0.6) is 0 Å². The van der Waals surface area contributed by atoms with E-state index in [4.69, 9.17) is 11.6 Å². The van der Waals surface area contributed by atoms with Crippen LogP contribution >= 0.6 is 11.6 Å². The van der Waals surface area contributed by atoms with Crippen LogP contribution in [0.15, 0.2) is 30.5 Å². The molecule has 2 aromatic heterocycles. The second-order valence-corrected chi connectivity index (χ2v) is 6.12. The molecule has 0 fully saturated rings. The van der Waals surface area contributed by atoms with Crippen LogP contribution < -0.4 is 0 Å². The summed E-state index contributed by atoms with van der Waals surface area (Å²) in [6.45, 7) is 4.90. The number of alkyl halides is 1. The predicted octanol–water partition coefficient (Wildman–Crippen LogP) is 3.62. The van der Waals surface area contributed by atoms with Gasteiger partial charge in [-0.3, -0.25) is 4.68 Å². The summed E-state index contributed by atoms with van der Waals surface area (Å²) in [5.74, 6) is 0.924. The maximum Gasteiger partial charge on any atom is 0.127 e. The van der Waals surface area contributed by atoms with Gasteiger partial charge in [-0.25, -0.2) is 4.98 Å². The van der Waals surface area contributed by atoms with Crippen LogP contribution in [-0.4, -0.2) is 19.3 Å². The molecule has 0 amide bonds. The first-order valence-corrected chi connectivity index (χ1v) is 7.57. The standard InChI is InChI=1S/C16H19ClN4/c1-11-4-5-14-15(10-11)21(16(18-14)12(2)17)9-7-13-6-8-20(3)19-13/h4-6,8,10,12H,7,9H2,1-3H3. The molecule has 5 heteroatoms. The average molecular weight is 303 g/mol. The molecular formula is C16H19ClN4. The molecule has 3 rings (SSSR count). The Bertz CT molecular complexity index is 770. The fourth-order valence-electron chi connectivity index (χ4n) is 2.61. The Balaban J connectivity index is 1.98. The number of nitrogens with zero attached hydrogens (tertiary/aromatic N) is 4. The highest BCUT2D eigenvalue weighted by molar-refractivity contribution is 6.20. The van der Waals surface area contributed by atoms with Gasteiger partial charge in [0.05, 0.1) is 22.1 Å². The van der Waals surface area contributed by atoms with Crippen molar-refractivity contribution < 1.29 is 0 Å². The lowest BCUT2D eigenvalue weighted by molar-refractivity contribution is 0.646. The largest absolute Gasteiger partial charge is 0.326 e. The number of fused-ring (bicyclic) bond motifs is 1. The van der Waals surface area contributed by atoms with Crippen molar-refractivity contribution in [2.75, 3.05) is 0 Å². The van der Waals surface area contributed by atoms with Gasteiger partial charge in [0.15, 0.2) is 0 Å². The van der Waals surface area contributed by atoms with Crippen molar-refractivity contribution in [1.29, 1.82) is 0 Å². The SMILES string of the molecule is Cc1ccc2nc(C(C)Cl)n(CCc3ccn(C)n3)c2c1. The van der Waals surface area contributed by atoms with Gasteiger partial charge in [-0.1, -0.05) is 6.07 Å². The molecule has 4 nitrogen and oxygen atoms in total. The van der Waals surface area contributed by atoms with Crippen LogP contribution in [0.3, 0.4) is 0 Å². The van der Waals surface area contributed by atoms with E-state index in [0.29, 0.717) is 0 Å². The van der Waals surface area contributed by atoms with E-state index in [0.717, 1.165) is 35.5 Å². The summed E-state index contributed by atoms with van der Waals surface area (Å²) in [5, 5.41) is 4.32. The van der Waals surface area contributed by atoms with Crippen LogP contribution in [0.25, 0.3) is 11.0 Å². The third-order valence-electron chi connectivity index (χ3n) is 3.65. The number of imidazole rings is 1. The van der Waals surface area contributed by atoms with E-state index in [1.807, 2.05) is 30.9 Å². The Labute approximate surface area is 129 Å². The summed E-state index contributed by atoms with van der Waals surface area (Å²) in [4.78, 5) is 4.68. The first-order chi connectivity index (χ1) is 10.0. The fraction of sp³-hybridized carbons (Fsp3) is 0.375. The molecule has 2 heterocycles. The highest BCUT2D eigenvalue weighted by Crippen LogP contribution is 2.25. The smallest absolute Gasteiger partial charge is 0.127 e. The molecule has 0 bridgehead atoms. The molecule has 0 aliphatic rings. The van der Waals surface area contributed by atoms with E-state index < -0.39 is 0 Å². The maximum absolute atomic E-state index is 6.30. The van der Waals surface area contributed by atoms with Gasteiger partial charge in [-0.2, -0.15) is 5.10 Å². The molecule has 3 aromatic rings. The predicted molar refractivity (Wildman–Crippen MR) is 85.7 cm³/mol. The molecule has 0 aliphatic heterocycles. The summed E-state index contributed by atoms with van der Waals surface area (Å²) >= 11 is 6.30. The minimum absolute atomic E-state index is 0.110. The molecule has 0 aliphatic carbocycles. The summed E-state index contributed by atoms with van der Waals surface area (Å²) in [6.07, 6.45) is 2.84.